The fourth-order valence-electron chi connectivity index (χ4n) is 6.92. The molecule has 0 radical (unpaired) electrons. The van der Waals surface area contributed by atoms with Crippen molar-refractivity contribution in [3.8, 4) is 44.8 Å². The van der Waals surface area contributed by atoms with E-state index in [2.05, 4.69) is 193 Å². The minimum absolute atomic E-state index is 0.863. The van der Waals surface area contributed by atoms with Crippen molar-refractivity contribution in [1.82, 2.24) is 9.97 Å². The second-order valence-corrected chi connectivity index (χ2v) is 12.7. The quantitative estimate of drug-likeness (QED) is 0.161. The lowest BCUT2D eigenvalue weighted by molar-refractivity contribution is 1.28. The van der Waals surface area contributed by atoms with E-state index < -0.39 is 0 Å². The number of fused-ring (bicyclic) bond motifs is 3. The predicted molar refractivity (Wildman–Crippen MR) is 213 cm³/mol. The second-order valence-electron chi connectivity index (χ2n) is 12.7. The van der Waals surface area contributed by atoms with Crippen LogP contribution in [0.15, 0.2) is 200 Å². The molecule has 0 aliphatic carbocycles. The molecule has 3 nitrogen and oxygen atoms in total. The smallest absolute Gasteiger partial charge is 0.0973 e. The van der Waals surface area contributed by atoms with E-state index in [4.69, 9.17) is 9.97 Å². The van der Waals surface area contributed by atoms with Crippen LogP contribution < -0.4 is 4.90 Å². The molecule has 0 saturated carbocycles. The van der Waals surface area contributed by atoms with Gasteiger partial charge in [-0.2, -0.15) is 0 Å². The van der Waals surface area contributed by atoms with E-state index >= 15 is 0 Å². The van der Waals surface area contributed by atoms with E-state index in [1.165, 1.54) is 11.1 Å². The van der Waals surface area contributed by atoms with Gasteiger partial charge in [-0.1, -0.05) is 158 Å². The van der Waals surface area contributed by atoms with Crippen LogP contribution in [0.4, 0.5) is 17.1 Å². The van der Waals surface area contributed by atoms with Crippen LogP contribution in [0, 0.1) is 0 Å². The monoisotopic (exact) mass is 651 g/mol. The molecule has 9 aromatic rings. The van der Waals surface area contributed by atoms with Crippen LogP contribution in [0.25, 0.3) is 66.6 Å². The molecule has 0 aliphatic rings. The Balaban J connectivity index is 1.27. The molecule has 3 heteroatoms. The van der Waals surface area contributed by atoms with Gasteiger partial charge in [0.05, 0.1) is 22.4 Å². The van der Waals surface area contributed by atoms with Crippen LogP contribution in [-0.4, -0.2) is 9.97 Å². The van der Waals surface area contributed by atoms with E-state index in [1.54, 1.807) is 0 Å². The number of nitrogens with zero attached hydrogens (tertiary/aromatic N) is 3. The highest BCUT2D eigenvalue weighted by Crippen LogP contribution is 2.41. The summed E-state index contributed by atoms with van der Waals surface area (Å²) < 4.78 is 0. The van der Waals surface area contributed by atoms with Crippen molar-refractivity contribution in [3.63, 3.8) is 0 Å². The maximum Gasteiger partial charge on any atom is 0.0973 e. The van der Waals surface area contributed by atoms with Crippen molar-refractivity contribution in [2.24, 2.45) is 0 Å². The van der Waals surface area contributed by atoms with Crippen LogP contribution in [0.2, 0.25) is 0 Å². The van der Waals surface area contributed by atoms with E-state index in [0.29, 0.717) is 0 Å². The lowest BCUT2D eigenvalue weighted by atomic mass is 10.0. The zero-order valence-corrected chi connectivity index (χ0v) is 27.9. The molecular formula is C48H33N3. The Morgan fingerprint density at radius 1 is 0.314 bits per heavy atom. The minimum atomic E-state index is 0.863. The number of rotatable bonds is 7. The van der Waals surface area contributed by atoms with E-state index in [0.717, 1.165) is 72.5 Å². The van der Waals surface area contributed by atoms with Crippen molar-refractivity contribution in [2.75, 3.05) is 4.90 Å². The first-order chi connectivity index (χ1) is 25.3. The molecular weight excluding hydrogens is 619 g/mol. The zero-order valence-electron chi connectivity index (χ0n) is 27.9. The molecule has 0 fully saturated rings. The molecule has 0 amide bonds. The summed E-state index contributed by atoms with van der Waals surface area (Å²) >= 11 is 0. The topological polar surface area (TPSA) is 29.0 Å². The second kappa shape index (κ2) is 13.2. The van der Waals surface area contributed by atoms with Crippen molar-refractivity contribution in [3.05, 3.63) is 200 Å². The van der Waals surface area contributed by atoms with Crippen LogP contribution in [0.1, 0.15) is 0 Å². The summed E-state index contributed by atoms with van der Waals surface area (Å²) in [5, 5.41) is 2.17. The summed E-state index contributed by atoms with van der Waals surface area (Å²) in [5.74, 6) is 0. The molecule has 0 bridgehead atoms. The minimum Gasteiger partial charge on any atom is -0.310 e. The highest BCUT2D eigenvalue weighted by Gasteiger charge is 2.18. The van der Waals surface area contributed by atoms with E-state index in [1.807, 2.05) is 12.1 Å². The van der Waals surface area contributed by atoms with Gasteiger partial charge >= 0.3 is 0 Å². The number of aromatic nitrogens is 2. The third-order valence-electron chi connectivity index (χ3n) is 9.41. The molecule has 0 aliphatic heterocycles. The summed E-state index contributed by atoms with van der Waals surface area (Å²) in [6.45, 7) is 0. The molecule has 240 valence electrons. The molecule has 9 rings (SSSR count). The largest absolute Gasteiger partial charge is 0.310 e. The molecule has 0 unspecified atom stereocenters. The summed E-state index contributed by atoms with van der Waals surface area (Å²) in [5.41, 5.74) is 13.4. The Kier molecular flexibility index (Phi) is 7.84. The van der Waals surface area contributed by atoms with Gasteiger partial charge in [0.1, 0.15) is 0 Å². The molecule has 0 atom stereocenters. The molecule has 0 N–H and O–H groups in total. The maximum absolute atomic E-state index is 5.42. The highest BCUT2D eigenvalue weighted by atomic mass is 15.1. The van der Waals surface area contributed by atoms with Gasteiger partial charge < -0.3 is 4.90 Å². The third kappa shape index (κ3) is 5.92. The predicted octanol–water partition coefficient (Wildman–Crippen LogP) is 12.9. The first-order valence-corrected chi connectivity index (χ1v) is 17.2. The van der Waals surface area contributed by atoms with Crippen LogP contribution >= 0.6 is 0 Å². The van der Waals surface area contributed by atoms with Crippen LogP contribution in [0.3, 0.4) is 0 Å². The normalized spacial score (nSPS) is 11.1. The van der Waals surface area contributed by atoms with Gasteiger partial charge in [0.25, 0.3) is 0 Å². The summed E-state index contributed by atoms with van der Waals surface area (Å²) in [6, 6.07) is 70.3. The Hall–Kier alpha value is -6.84. The van der Waals surface area contributed by atoms with Gasteiger partial charge in [-0.05, 0) is 70.1 Å². The number of hydrogen-bond acceptors (Lipinski definition) is 3. The molecule has 1 heterocycles. The maximum atomic E-state index is 5.42. The molecule has 0 spiro atoms. The molecule has 1 aromatic heterocycles. The van der Waals surface area contributed by atoms with Crippen molar-refractivity contribution in [2.45, 2.75) is 0 Å². The van der Waals surface area contributed by atoms with Gasteiger partial charge in [-0.25, -0.2) is 9.97 Å². The number of benzene rings is 8. The van der Waals surface area contributed by atoms with E-state index in [9.17, 15) is 0 Å². The first-order valence-electron chi connectivity index (χ1n) is 17.2. The Morgan fingerprint density at radius 3 is 1.27 bits per heavy atom. The van der Waals surface area contributed by atoms with Gasteiger partial charge in [0.15, 0.2) is 0 Å². The Bertz CT molecular complexity index is 2540. The standard InChI is InChI=1S/C48H33N3/c1-5-15-34(16-6-1)39-23-13-25-41(31-39)51(42-26-14-24-40(32-42)35-17-7-2-8-18-35)43-29-27-36-28-30-45-48(44(36)33-43)50-47(38-21-11-4-12-22-38)46(49-45)37-19-9-3-10-20-37/h1-33H. The van der Waals surface area contributed by atoms with Gasteiger partial charge in [0, 0.05) is 33.6 Å². The van der Waals surface area contributed by atoms with Crippen molar-refractivity contribution < 1.29 is 0 Å². The third-order valence-corrected chi connectivity index (χ3v) is 9.41. The fourth-order valence-corrected chi connectivity index (χ4v) is 6.92. The summed E-state index contributed by atoms with van der Waals surface area (Å²) in [7, 11) is 0. The van der Waals surface area contributed by atoms with Crippen molar-refractivity contribution >= 4 is 38.9 Å². The summed E-state index contributed by atoms with van der Waals surface area (Å²) in [6.07, 6.45) is 0. The average molecular weight is 652 g/mol. The average Bonchev–Trinajstić information content (AvgIpc) is 3.22. The van der Waals surface area contributed by atoms with Gasteiger partial charge in [-0.15, -0.1) is 0 Å². The molecule has 51 heavy (non-hydrogen) atoms. The first kappa shape index (κ1) is 30.2. The fraction of sp³-hybridized carbons (Fsp3) is 0. The van der Waals surface area contributed by atoms with Crippen LogP contribution in [0.5, 0.6) is 0 Å². The molecule has 0 saturated heterocycles. The Labute approximate surface area is 297 Å². The summed E-state index contributed by atoms with van der Waals surface area (Å²) in [4.78, 5) is 13.0. The Morgan fingerprint density at radius 2 is 0.745 bits per heavy atom. The lowest BCUT2D eigenvalue weighted by Gasteiger charge is -2.27. The highest BCUT2D eigenvalue weighted by molar-refractivity contribution is 6.07. The van der Waals surface area contributed by atoms with E-state index in [-0.39, 0.29) is 0 Å². The van der Waals surface area contributed by atoms with Crippen molar-refractivity contribution in [1.29, 1.82) is 0 Å². The lowest BCUT2D eigenvalue weighted by Crippen LogP contribution is -2.10. The number of anilines is 3. The number of hydrogen-bond donors (Lipinski definition) is 0. The molecule has 8 aromatic carbocycles. The van der Waals surface area contributed by atoms with Gasteiger partial charge in [0.2, 0.25) is 0 Å². The van der Waals surface area contributed by atoms with Crippen LogP contribution in [-0.2, 0) is 0 Å². The SMILES string of the molecule is c1ccc(-c2cccc(N(c3cccc(-c4ccccc4)c3)c3ccc4ccc5nc(-c6ccccc6)c(-c6ccccc6)nc5c4c3)c2)cc1. The zero-order chi connectivity index (χ0) is 34.0. The van der Waals surface area contributed by atoms with Gasteiger partial charge in [-0.3, -0.25) is 0 Å².